The average molecular weight is 231 g/mol. The molecule has 0 saturated carbocycles. The van der Waals surface area contributed by atoms with Crippen molar-refractivity contribution >= 4 is 23.2 Å². The van der Waals surface area contributed by atoms with Gasteiger partial charge in [-0.05, 0) is 32.0 Å². The zero-order valence-corrected chi connectivity index (χ0v) is 10.7. The van der Waals surface area contributed by atoms with E-state index in [9.17, 15) is 4.79 Å². The fourth-order valence-corrected chi connectivity index (χ4v) is 1.49. The van der Waals surface area contributed by atoms with Crippen LogP contribution in [0.3, 0.4) is 0 Å². The van der Waals surface area contributed by atoms with Crippen LogP contribution in [-0.2, 0) is 4.79 Å². The number of hydrogen-bond donors (Lipinski definition) is 3. The molecule has 0 aromatic heterocycles. The molecule has 0 atom stereocenters. The highest BCUT2D eigenvalue weighted by Crippen LogP contribution is 2.06. The lowest BCUT2D eigenvalue weighted by molar-refractivity contribution is -0.119. The minimum absolute atomic E-state index is 0.260. The quantitative estimate of drug-likeness (QED) is 0.611. The second kappa shape index (κ2) is 5.90. The molecule has 0 bridgehead atoms. The van der Waals surface area contributed by atoms with E-state index >= 15 is 0 Å². The van der Waals surface area contributed by atoms with E-state index in [0.717, 1.165) is 6.54 Å². The molecule has 0 aliphatic heterocycles. The second-order valence-corrected chi connectivity index (χ2v) is 5.16. The summed E-state index contributed by atoms with van der Waals surface area (Å²) in [6.45, 7) is 8.80. The Labute approximate surface area is 97.0 Å². The number of carbonyl (C=O) groups excluding carboxylic acids is 1. The van der Waals surface area contributed by atoms with E-state index in [1.807, 2.05) is 13.8 Å². The van der Waals surface area contributed by atoms with Crippen LogP contribution >= 0.6 is 12.2 Å². The molecule has 4 N–H and O–H groups in total. The summed E-state index contributed by atoms with van der Waals surface area (Å²) < 4.78 is 0. The molecule has 0 heterocycles. The van der Waals surface area contributed by atoms with E-state index < -0.39 is 5.54 Å². The molecule has 0 aromatic rings. The summed E-state index contributed by atoms with van der Waals surface area (Å²) in [7, 11) is 0. The van der Waals surface area contributed by atoms with Gasteiger partial charge < -0.3 is 16.4 Å². The van der Waals surface area contributed by atoms with Crippen molar-refractivity contribution in [1.82, 2.24) is 10.6 Å². The van der Waals surface area contributed by atoms with Gasteiger partial charge in [-0.15, -0.1) is 0 Å². The van der Waals surface area contributed by atoms with Gasteiger partial charge >= 0.3 is 0 Å². The van der Waals surface area contributed by atoms with Crippen molar-refractivity contribution in [2.45, 2.75) is 39.7 Å². The molecule has 88 valence electrons. The van der Waals surface area contributed by atoms with Gasteiger partial charge in [0, 0.05) is 18.5 Å². The van der Waals surface area contributed by atoms with Gasteiger partial charge in [0.1, 0.15) is 0 Å². The molecule has 0 radical (unpaired) electrons. The number of hydrogen-bond acceptors (Lipinski definition) is 2. The fraction of sp³-hybridized carbons (Fsp3) is 0.800. The van der Waals surface area contributed by atoms with Gasteiger partial charge in [0.25, 0.3) is 0 Å². The van der Waals surface area contributed by atoms with Crippen LogP contribution in [0.25, 0.3) is 0 Å². The molecule has 0 aromatic carbocycles. The molecular weight excluding hydrogens is 210 g/mol. The van der Waals surface area contributed by atoms with Crippen LogP contribution in [0.1, 0.15) is 34.1 Å². The zero-order chi connectivity index (χ0) is 12.1. The fourth-order valence-electron chi connectivity index (χ4n) is 1.13. The highest BCUT2D eigenvalue weighted by Gasteiger charge is 2.21. The lowest BCUT2D eigenvalue weighted by atomic mass is 10.0. The number of thiocarbonyl (C=S) groups is 1. The molecule has 0 fully saturated rings. The molecule has 5 heteroatoms. The minimum Gasteiger partial charge on any atom is -0.370 e. The summed E-state index contributed by atoms with van der Waals surface area (Å²) in [6.07, 6.45) is 0.260. The molecule has 0 spiro atoms. The molecule has 4 nitrogen and oxygen atoms in total. The molecule has 0 unspecified atom stereocenters. The molecular formula is C10H21N3OS. The van der Waals surface area contributed by atoms with Gasteiger partial charge in [-0.1, -0.05) is 13.8 Å². The number of carbonyl (C=O) groups is 1. The molecule has 0 aliphatic carbocycles. The predicted molar refractivity (Wildman–Crippen MR) is 66.5 cm³/mol. The number of primary amides is 1. The first-order chi connectivity index (χ1) is 6.73. The Morgan fingerprint density at radius 3 is 2.40 bits per heavy atom. The second-order valence-electron chi connectivity index (χ2n) is 4.76. The average Bonchev–Trinajstić information content (AvgIpc) is 1.96. The normalized spacial score (nSPS) is 11.3. The van der Waals surface area contributed by atoms with E-state index in [1.54, 1.807) is 0 Å². The van der Waals surface area contributed by atoms with Crippen LogP contribution in [0.5, 0.6) is 0 Å². The first-order valence-electron chi connectivity index (χ1n) is 5.07. The van der Waals surface area contributed by atoms with E-state index in [-0.39, 0.29) is 12.3 Å². The molecule has 15 heavy (non-hydrogen) atoms. The monoisotopic (exact) mass is 231 g/mol. The highest BCUT2D eigenvalue weighted by atomic mass is 32.1. The third-order valence-electron chi connectivity index (χ3n) is 1.74. The standard InChI is InChI=1S/C10H21N3OS/c1-7(2)6-12-9(15)13-10(3,4)5-8(11)14/h7H,5-6H2,1-4H3,(H2,11,14)(H2,12,13,15). The maximum Gasteiger partial charge on any atom is 0.219 e. The van der Waals surface area contributed by atoms with Crippen LogP contribution in [0.2, 0.25) is 0 Å². The number of rotatable bonds is 5. The van der Waals surface area contributed by atoms with Crippen molar-refractivity contribution in [2.75, 3.05) is 6.54 Å². The van der Waals surface area contributed by atoms with E-state index in [1.165, 1.54) is 0 Å². The Hall–Kier alpha value is -0.840. The van der Waals surface area contributed by atoms with E-state index in [0.29, 0.717) is 11.0 Å². The SMILES string of the molecule is CC(C)CNC(=S)NC(C)(C)CC(N)=O. The van der Waals surface area contributed by atoms with E-state index in [4.69, 9.17) is 18.0 Å². The smallest absolute Gasteiger partial charge is 0.219 e. The minimum atomic E-state index is -0.396. The van der Waals surface area contributed by atoms with Gasteiger partial charge in [0.05, 0.1) is 0 Å². The number of nitrogens with two attached hydrogens (primary N) is 1. The summed E-state index contributed by atoms with van der Waals surface area (Å²) in [5.41, 5.74) is 4.74. The lowest BCUT2D eigenvalue weighted by Crippen LogP contribution is -2.50. The van der Waals surface area contributed by atoms with Gasteiger partial charge in [-0.2, -0.15) is 0 Å². The maximum absolute atomic E-state index is 10.8. The maximum atomic E-state index is 10.8. The van der Waals surface area contributed by atoms with Crippen LogP contribution in [-0.4, -0.2) is 23.1 Å². The van der Waals surface area contributed by atoms with Crippen molar-refractivity contribution in [3.63, 3.8) is 0 Å². The van der Waals surface area contributed by atoms with E-state index in [2.05, 4.69) is 24.5 Å². The third kappa shape index (κ3) is 8.17. The van der Waals surface area contributed by atoms with Gasteiger partial charge in [0.15, 0.2) is 5.11 Å². The molecule has 0 saturated heterocycles. The summed E-state index contributed by atoms with van der Waals surface area (Å²) in [4.78, 5) is 10.8. The number of nitrogens with one attached hydrogen (secondary N) is 2. The summed E-state index contributed by atoms with van der Waals surface area (Å²) in [5.74, 6) is 0.197. The first-order valence-corrected chi connectivity index (χ1v) is 5.48. The summed E-state index contributed by atoms with van der Waals surface area (Å²) in [5, 5.41) is 6.71. The topological polar surface area (TPSA) is 67.2 Å². The van der Waals surface area contributed by atoms with Crippen molar-refractivity contribution in [3.8, 4) is 0 Å². The summed E-state index contributed by atoms with van der Waals surface area (Å²) in [6, 6.07) is 0. The summed E-state index contributed by atoms with van der Waals surface area (Å²) >= 11 is 5.10. The largest absolute Gasteiger partial charge is 0.370 e. The van der Waals surface area contributed by atoms with Gasteiger partial charge in [0.2, 0.25) is 5.91 Å². The Morgan fingerprint density at radius 2 is 2.00 bits per heavy atom. The molecule has 1 amide bonds. The lowest BCUT2D eigenvalue weighted by Gasteiger charge is -2.27. The van der Waals surface area contributed by atoms with Gasteiger partial charge in [-0.25, -0.2) is 0 Å². The van der Waals surface area contributed by atoms with Crippen LogP contribution in [0.15, 0.2) is 0 Å². The van der Waals surface area contributed by atoms with Crippen molar-refractivity contribution in [3.05, 3.63) is 0 Å². The number of amides is 1. The zero-order valence-electron chi connectivity index (χ0n) is 9.89. The predicted octanol–water partition coefficient (Wildman–Crippen LogP) is 0.760. The Kier molecular flexibility index (Phi) is 5.57. The van der Waals surface area contributed by atoms with Crippen LogP contribution in [0.4, 0.5) is 0 Å². The molecule has 0 aliphatic rings. The Morgan fingerprint density at radius 1 is 1.47 bits per heavy atom. The first kappa shape index (κ1) is 14.2. The van der Waals surface area contributed by atoms with Crippen LogP contribution < -0.4 is 16.4 Å². The Balaban J connectivity index is 3.98. The highest BCUT2D eigenvalue weighted by molar-refractivity contribution is 7.80. The third-order valence-corrected chi connectivity index (χ3v) is 1.99. The van der Waals surface area contributed by atoms with Crippen molar-refractivity contribution in [2.24, 2.45) is 11.7 Å². The molecule has 0 rings (SSSR count). The van der Waals surface area contributed by atoms with Crippen LogP contribution in [0, 0.1) is 5.92 Å². The van der Waals surface area contributed by atoms with Crippen molar-refractivity contribution < 1.29 is 4.79 Å². The Bertz CT molecular complexity index is 239. The van der Waals surface area contributed by atoms with Crippen molar-refractivity contribution in [1.29, 1.82) is 0 Å². The van der Waals surface area contributed by atoms with Gasteiger partial charge in [-0.3, -0.25) is 4.79 Å².